The quantitative estimate of drug-likeness (QED) is 0.544. The number of rotatable bonds is 5. The summed E-state index contributed by atoms with van der Waals surface area (Å²) in [6, 6.07) is 11.8. The summed E-state index contributed by atoms with van der Waals surface area (Å²) in [6.45, 7) is 4.23. The SMILES string of the molecule is CC(C)Cc1nc(-c2cccc(-n3cnnc3)n2)n(-c2ccc(F)cc2)n1. The van der Waals surface area contributed by atoms with Crippen LogP contribution in [0, 0.1) is 11.7 Å². The lowest BCUT2D eigenvalue weighted by molar-refractivity contribution is 0.617. The molecule has 0 N–H and O–H groups in total. The highest BCUT2D eigenvalue weighted by Crippen LogP contribution is 2.22. The van der Waals surface area contributed by atoms with Crippen LogP contribution < -0.4 is 0 Å². The third kappa shape index (κ3) is 3.59. The van der Waals surface area contributed by atoms with E-state index in [1.165, 1.54) is 12.1 Å². The van der Waals surface area contributed by atoms with Crippen molar-refractivity contribution < 1.29 is 4.39 Å². The molecule has 0 fully saturated rings. The second-order valence-electron chi connectivity index (χ2n) is 6.59. The van der Waals surface area contributed by atoms with E-state index < -0.39 is 0 Å². The summed E-state index contributed by atoms with van der Waals surface area (Å²) in [5.41, 5.74) is 1.39. The highest BCUT2D eigenvalue weighted by atomic mass is 19.1. The number of pyridine rings is 1. The van der Waals surface area contributed by atoms with E-state index in [4.69, 9.17) is 4.98 Å². The predicted octanol–water partition coefficient (Wildman–Crippen LogP) is 3.25. The Labute approximate surface area is 155 Å². The molecule has 0 aliphatic heterocycles. The molecule has 8 heteroatoms. The van der Waals surface area contributed by atoms with Crippen LogP contribution in [0.1, 0.15) is 19.7 Å². The van der Waals surface area contributed by atoms with Crippen LogP contribution in [-0.2, 0) is 6.42 Å². The van der Waals surface area contributed by atoms with Crippen LogP contribution in [0.15, 0.2) is 55.1 Å². The zero-order chi connectivity index (χ0) is 18.8. The van der Waals surface area contributed by atoms with E-state index >= 15 is 0 Å². The van der Waals surface area contributed by atoms with E-state index in [9.17, 15) is 4.39 Å². The Bertz CT molecular complexity index is 1040. The van der Waals surface area contributed by atoms with Crippen molar-refractivity contribution in [2.45, 2.75) is 20.3 Å². The molecule has 0 saturated carbocycles. The van der Waals surface area contributed by atoms with Crippen LogP contribution in [0.2, 0.25) is 0 Å². The molecule has 0 aliphatic rings. The van der Waals surface area contributed by atoms with Crippen molar-refractivity contribution in [2.24, 2.45) is 5.92 Å². The van der Waals surface area contributed by atoms with Gasteiger partial charge in [-0.3, -0.25) is 4.57 Å². The molecule has 7 nitrogen and oxygen atoms in total. The second kappa shape index (κ2) is 7.06. The number of benzene rings is 1. The van der Waals surface area contributed by atoms with Crippen LogP contribution >= 0.6 is 0 Å². The smallest absolute Gasteiger partial charge is 0.181 e. The third-order valence-electron chi connectivity index (χ3n) is 3.96. The summed E-state index contributed by atoms with van der Waals surface area (Å²) in [5.74, 6) is 2.12. The van der Waals surface area contributed by atoms with Crippen molar-refractivity contribution in [1.29, 1.82) is 0 Å². The normalized spacial score (nSPS) is 11.3. The minimum absolute atomic E-state index is 0.296. The number of nitrogens with zero attached hydrogens (tertiary/aromatic N) is 7. The lowest BCUT2D eigenvalue weighted by atomic mass is 10.1. The zero-order valence-corrected chi connectivity index (χ0v) is 15.0. The first kappa shape index (κ1) is 17.0. The van der Waals surface area contributed by atoms with E-state index in [1.54, 1.807) is 34.0 Å². The zero-order valence-electron chi connectivity index (χ0n) is 15.0. The molecule has 136 valence electrons. The lowest BCUT2D eigenvalue weighted by Gasteiger charge is -2.07. The van der Waals surface area contributed by atoms with E-state index in [0.717, 1.165) is 17.9 Å². The molecule has 1 aromatic carbocycles. The van der Waals surface area contributed by atoms with Gasteiger partial charge in [0.15, 0.2) is 11.6 Å². The largest absolute Gasteiger partial charge is 0.272 e. The Balaban J connectivity index is 1.82. The van der Waals surface area contributed by atoms with Gasteiger partial charge in [-0.1, -0.05) is 19.9 Å². The molecule has 0 radical (unpaired) electrons. The molecule has 0 unspecified atom stereocenters. The van der Waals surface area contributed by atoms with Crippen LogP contribution in [-0.4, -0.2) is 34.5 Å². The van der Waals surface area contributed by atoms with Gasteiger partial charge in [0.2, 0.25) is 0 Å². The highest BCUT2D eigenvalue weighted by molar-refractivity contribution is 5.55. The van der Waals surface area contributed by atoms with Gasteiger partial charge in [0, 0.05) is 6.42 Å². The van der Waals surface area contributed by atoms with Gasteiger partial charge in [0.25, 0.3) is 0 Å². The molecular formula is C19H18FN7. The minimum atomic E-state index is -0.296. The Morgan fingerprint density at radius 3 is 2.41 bits per heavy atom. The Morgan fingerprint density at radius 2 is 1.70 bits per heavy atom. The summed E-state index contributed by atoms with van der Waals surface area (Å²) < 4.78 is 16.8. The number of hydrogen-bond donors (Lipinski definition) is 0. The molecule has 0 amide bonds. The second-order valence-corrected chi connectivity index (χ2v) is 6.59. The van der Waals surface area contributed by atoms with Crippen molar-refractivity contribution in [3.63, 3.8) is 0 Å². The Hall–Kier alpha value is -3.42. The molecule has 0 saturated heterocycles. The van der Waals surface area contributed by atoms with Crippen LogP contribution in [0.3, 0.4) is 0 Å². The molecule has 3 heterocycles. The maximum absolute atomic E-state index is 13.3. The molecule has 0 atom stereocenters. The predicted molar refractivity (Wildman–Crippen MR) is 98.0 cm³/mol. The van der Waals surface area contributed by atoms with Crippen molar-refractivity contribution >= 4 is 0 Å². The maximum Gasteiger partial charge on any atom is 0.181 e. The molecule has 4 rings (SSSR count). The highest BCUT2D eigenvalue weighted by Gasteiger charge is 2.16. The average molecular weight is 363 g/mol. The number of hydrogen-bond acceptors (Lipinski definition) is 5. The molecule has 4 aromatic rings. The fourth-order valence-electron chi connectivity index (χ4n) is 2.75. The van der Waals surface area contributed by atoms with Crippen LogP contribution in [0.25, 0.3) is 23.0 Å². The van der Waals surface area contributed by atoms with Gasteiger partial charge >= 0.3 is 0 Å². The Kier molecular flexibility index (Phi) is 4.45. The van der Waals surface area contributed by atoms with E-state index in [-0.39, 0.29) is 5.82 Å². The van der Waals surface area contributed by atoms with Crippen molar-refractivity contribution in [1.82, 2.24) is 34.5 Å². The van der Waals surface area contributed by atoms with Gasteiger partial charge in [-0.05, 0) is 42.3 Å². The van der Waals surface area contributed by atoms with Crippen molar-refractivity contribution in [3.05, 3.63) is 66.8 Å². The van der Waals surface area contributed by atoms with E-state index in [2.05, 4.69) is 34.1 Å². The molecule has 3 aromatic heterocycles. The van der Waals surface area contributed by atoms with Crippen LogP contribution in [0.4, 0.5) is 4.39 Å². The fourth-order valence-corrected chi connectivity index (χ4v) is 2.75. The standard InChI is InChI=1S/C19H18FN7/c1-13(2)10-17-24-19(27(25-17)15-8-6-14(20)7-9-15)16-4-3-5-18(23-16)26-11-21-22-12-26/h3-9,11-13H,10H2,1-2H3. The monoisotopic (exact) mass is 363 g/mol. The topological polar surface area (TPSA) is 74.3 Å². The van der Waals surface area contributed by atoms with Gasteiger partial charge in [-0.2, -0.15) is 5.10 Å². The minimum Gasteiger partial charge on any atom is -0.272 e. The first-order valence-electron chi connectivity index (χ1n) is 8.64. The number of aromatic nitrogens is 7. The number of halogens is 1. The van der Waals surface area contributed by atoms with Gasteiger partial charge in [0.05, 0.1) is 5.69 Å². The first-order valence-corrected chi connectivity index (χ1v) is 8.64. The van der Waals surface area contributed by atoms with E-state index in [0.29, 0.717) is 23.3 Å². The summed E-state index contributed by atoms with van der Waals surface area (Å²) in [4.78, 5) is 9.36. The first-order chi connectivity index (χ1) is 13.1. The van der Waals surface area contributed by atoms with Crippen molar-refractivity contribution in [3.8, 4) is 23.0 Å². The third-order valence-corrected chi connectivity index (χ3v) is 3.96. The van der Waals surface area contributed by atoms with E-state index in [1.807, 2.05) is 18.2 Å². The molecule has 0 aliphatic carbocycles. The van der Waals surface area contributed by atoms with Gasteiger partial charge < -0.3 is 0 Å². The Morgan fingerprint density at radius 1 is 0.963 bits per heavy atom. The van der Waals surface area contributed by atoms with Crippen LogP contribution in [0.5, 0.6) is 0 Å². The van der Waals surface area contributed by atoms with Gasteiger partial charge in [-0.15, -0.1) is 10.2 Å². The summed E-state index contributed by atoms with van der Waals surface area (Å²) >= 11 is 0. The van der Waals surface area contributed by atoms with Gasteiger partial charge in [-0.25, -0.2) is 19.0 Å². The molecule has 27 heavy (non-hydrogen) atoms. The maximum atomic E-state index is 13.3. The molecular weight excluding hydrogens is 345 g/mol. The summed E-state index contributed by atoms with van der Waals surface area (Å²) in [6.07, 6.45) is 3.91. The summed E-state index contributed by atoms with van der Waals surface area (Å²) in [5, 5.41) is 12.3. The van der Waals surface area contributed by atoms with Crippen molar-refractivity contribution in [2.75, 3.05) is 0 Å². The average Bonchev–Trinajstić information content (AvgIpc) is 3.32. The fraction of sp³-hybridized carbons (Fsp3) is 0.211. The van der Waals surface area contributed by atoms with Gasteiger partial charge in [0.1, 0.15) is 30.0 Å². The summed E-state index contributed by atoms with van der Waals surface area (Å²) in [7, 11) is 0. The molecule has 0 bridgehead atoms. The lowest BCUT2D eigenvalue weighted by Crippen LogP contribution is -2.03. The molecule has 0 spiro atoms.